The van der Waals surface area contributed by atoms with Crippen LogP contribution in [0.4, 0.5) is 5.69 Å². The van der Waals surface area contributed by atoms with Crippen LogP contribution in [0.25, 0.3) is 11.4 Å². The number of carbonyl (C=O) groups is 1. The van der Waals surface area contributed by atoms with E-state index in [4.69, 9.17) is 14.0 Å². The van der Waals surface area contributed by atoms with E-state index in [1.165, 1.54) is 0 Å². The van der Waals surface area contributed by atoms with Crippen molar-refractivity contribution in [2.45, 2.75) is 12.8 Å². The van der Waals surface area contributed by atoms with E-state index in [9.17, 15) is 4.79 Å². The minimum absolute atomic E-state index is 0.109. The lowest BCUT2D eigenvalue weighted by Gasteiger charge is -2.14. The van der Waals surface area contributed by atoms with E-state index in [1.54, 1.807) is 38.6 Å². The van der Waals surface area contributed by atoms with Gasteiger partial charge in [-0.3, -0.25) is 9.79 Å². The molecule has 0 fully saturated rings. The zero-order valence-electron chi connectivity index (χ0n) is 15.1. The van der Waals surface area contributed by atoms with Gasteiger partial charge in [0.1, 0.15) is 17.4 Å². The van der Waals surface area contributed by atoms with Crippen molar-refractivity contribution in [1.29, 1.82) is 0 Å². The maximum Gasteiger partial charge on any atom is 0.243 e. The van der Waals surface area contributed by atoms with E-state index in [-0.39, 0.29) is 11.7 Å². The molecule has 7 heteroatoms. The first-order chi connectivity index (χ1) is 13.1. The molecule has 0 N–H and O–H groups in total. The zero-order valence-corrected chi connectivity index (χ0v) is 15.1. The summed E-state index contributed by atoms with van der Waals surface area (Å²) in [5.74, 6) is 0.951. The highest BCUT2D eigenvalue weighted by molar-refractivity contribution is 6.15. The number of methoxy groups -OCH3 is 2. The highest BCUT2D eigenvalue weighted by atomic mass is 16.5. The van der Waals surface area contributed by atoms with Crippen LogP contribution in [0.3, 0.4) is 0 Å². The molecule has 1 unspecified atom stereocenters. The first-order valence-corrected chi connectivity index (χ1v) is 8.35. The van der Waals surface area contributed by atoms with Gasteiger partial charge in [-0.25, -0.2) is 0 Å². The van der Waals surface area contributed by atoms with Gasteiger partial charge in [0.15, 0.2) is 5.78 Å². The normalized spacial score (nSPS) is 15.5. The number of aryl methyl sites for hydroxylation is 1. The maximum absolute atomic E-state index is 12.9. The zero-order chi connectivity index (χ0) is 19.0. The second-order valence-corrected chi connectivity index (χ2v) is 6.20. The number of hydrogen-bond acceptors (Lipinski definition) is 7. The van der Waals surface area contributed by atoms with Crippen LogP contribution in [0, 0.1) is 6.92 Å². The predicted octanol–water partition coefficient (Wildman–Crippen LogP) is 3.74. The number of rotatable bonds is 4. The summed E-state index contributed by atoms with van der Waals surface area (Å²) in [6.07, 6.45) is 1.55. The molecule has 0 saturated heterocycles. The van der Waals surface area contributed by atoms with E-state index < -0.39 is 5.92 Å². The monoisotopic (exact) mass is 363 g/mol. The molecule has 4 rings (SSSR count). The minimum atomic E-state index is -0.701. The van der Waals surface area contributed by atoms with Crippen LogP contribution in [0.5, 0.6) is 11.5 Å². The van der Waals surface area contributed by atoms with Gasteiger partial charge in [-0.1, -0.05) is 16.8 Å². The molecule has 0 amide bonds. The third kappa shape index (κ3) is 3.08. The van der Waals surface area contributed by atoms with Gasteiger partial charge in [0.2, 0.25) is 11.7 Å². The number of benzene rings is 2. The molecular formula is C20H17N3O4. The van der Waals surface area contributed by atoms with Crippen molar-refractivity contribution in [3.05, 3.63) is 53.4 Å². The van der Waals surface area contributed by atoms with Gasteiger partial charge in [0, 0.05) is 23.4 Å². The lowest BCUT2D eigenvalue weighted by atomic mass is 9.93. The number of aliphatic imine (C=N–C) groups is 1. The molecule has 1 atom stereocenters. The summed E-state index contributed by atoms with van der Waals surface area (Å²) in [6, 6.07) is 10.9. The number of ether oxygens (including phenoxy) is 2. The Balaban J connectivity index is 1.69. The lowest BCUT2D eigenvalue weighted by molar-refractivity contribution is 0.0971. The molecule has 1 aliphatic heterocycles. The first kappa shape index (κ1) is 17.0. The standard InChI is InChI=1S/C20H17N3O4/c1-11-4-5-17-15(6-11)18(24)16(10-21-17)20-22-19(23-27-20)12-7-13(25-2)9-14(8-12)26-3/h4-10,16H,1-3H3. The molecule has 0 spiro atoms. The summed E-state index contributed by atoms with van der Waals surface area (Å²) >= 11 is 0. The van der Waals surface area contributed by atoms with E-state index >= 15 is 0 Å². The summed E-state index contributed by atoms with van der Waals surface area (Å²) in [7, 11) is 3.13. The molecule has 3 aromatic rings. The highest BCUT2D eigenvalue weighted by Crippen LogP contribution is 2.33. The Morgan fingerprint density at radius 1 is 1.04 bits per heavy atom. The average molecular weight is 363 g/mol. The fraction of sp³-hybridized carbons (Fsp3) is 0.200. The lowest BCUT2D eigenvalue weighted by Crippen LogP contribution is -2.18. The summed E-state index contributed by atoms with van der Waals surface area (Å²) in [4.78, 5) is 21.6. The molecule has 1 aliphatic rings. The number of nitrogens with zero attached hydrogens (tertiary/aromatic N) is 3. The van der Waals surface area contributed by atoms with Crippen molar-refractivity contribution in [2.75, 3.05) is 14.2 Å². The van der Waals surface area contributed by atoms with E-state index in [0.29, 0.717) is 34.1 Å². The van der Waals surface area contributed by atoms with Gasteiger partial charge in [0.05, 0.1) is 19.9 Å². The van der Waals surface area contributed by atoms with Gasteiger partial charge in [-0.05, 0) is 31.2 Å². The molecule has 2 aromatic carbocycles. The van der Waals surface area contributed by atoms with E-state index in [1.807, 2.05) is 25.1 Å². The Kier molecular flexibility index (Phi) is 4.19. The number of ketones is 1. The van der Waals surface area contributed by atoms with Crippen LogP contribution in [-0.2, 0) is 0 Å². The van der Waals surface area contributed by atoms with Gasteiger partial charge < -0.3 is 14.0 Å². The van der Waals surface area contributed by atoms with E-state index in [0.717, 1.165) is 5.56 Å². The highest BCUT2D eigenvalue weighted by Gasteiger charge is 2.31. The van der Waals surface area contributed by atoms with Crippen molar-refractivity contribution < 1.29 is 18.8 Å². The smallest absolute Gasteiger partial charge is 0.243 e. The van der Waals surface area contributed by atoms with Gasteiger partial charge in [-0.15, -0.1) is 0 Å². The molecule has 0 saturated carbocycles. The summed E-state index contributed by atoms with van der Waals surface area (Å²) in [5, 5.41) is 4.01. The number of carbonyl (C=O) groups excluding carboxylic acids is 1. The van der Waals surface area contributed by atoms with Crippen LogP contribution in [-0.4, -0.2) is 36.4 Å². The molecule has 1 aromatic heterocycles. The molecule has 2 heterocycles. The second kappa shape index (κ2) is 6.68. The number of hydrogen-bond donors (Lipinski definition) is 0. The average Bonchev–Trinajstić information content (AvgIpc) is 3.18. The third-order valence-electron chi connectivity index (χ3n) is 4.38. The Hall–Kier alpha value is -3.48. The fourth-order valence-corrected chi connectivity index (χ4v) is 2.94. The van der Waals surface area contributed by atoms with Crippen LogP contribution >= 0.6 is 0 Å². The summed E-state index contributed by atoms with van der Waals surface area (Å²) in [5.41, 5.74) is 2.87. The SMILES string of the molecule is COc1cc(OC)cc(-c2noc(C3C=Nc4ccc(C)cc4C3=O)n2)c1. The number of Topliss-reactive ketones (excluding diaryl/α,β-unsaturated/α-hetero) is 1. The maximum atomic E-state index is 12.9. The van der Waals surface area contributed by atoms with Gasteiger partial charge in [0.25, 0.3) is 0 Å². The molecule has 0 radical (unpaired) electrons. The molecule has 0 bridgehead atoms. The van der Waals surface area contributed by atoms with Crippen LogP contribution in [0.1, 0.15) is 27.7 Å². The predicted molar refractivity (Wildman–Crippen MR) is 99.2 cm³/mol. The Morgan fingerprint density at radius 3 is 2.48 bits per heavy atom. The van der Waals surface area contributed by atoms with Crippen molar-refractivity contribution >= 4 is 17.7 Å². The van der Waals surface area contributed by atoms with Crippen LogP contribution < -0.4 is 9.47 Å². The van der Waals surface area contributed by atoms with Crippen molar-refractivity contribution in [3.63, 3.8) is 0 Å². The van der Waals surface area contributed by atoms with Crippen LogP contribution in [0.2, 0.25) is 0 Å². The molecule has 7 nitrogen and oxygen atoms in total. The summed E-state index contributed by atoms with van der Waals surface area (Å²) in [6.45, 7) is 1.93. The topological polar surface area (TPSA) is 86.8 Å². The Labute approximate surface area is 155 Å². The quantitative estimate of drug-likeness (QED) is 0.702. The molecule has 27 heavy (non-hydrogen) atoms. The molecule has 0 aliphatic carbocycles. The largest absolute Gasteiger partial charge is 0.497 e. The molecule has 136 valence electrons. The van der Waals surface area contributed by atoms with Crippen LogP contribution in [0.15, 0.2) is 45.9 Å². The van der Waals surface area contributed by atoms with Crippen molar-refractivity contribution in [3.8, 4) is 22.9 Å². The first-order valence-electron chi connectivity index (χ1n) is 8.35. The number of aromatic nitrogens is 2. The third-order valence-corrected chi connectivity index (χ3v) is 4.38. The fourth-order valence-electron chi connectivity index (χ4n) is 2.94. The van der Waals surface area contributed by atoms with Gasteiger partial charge >= 0.3 is 0 Å². The van der Waals surface area contributed by atoms with Gasteiger partial charge in [-0.2, -0.15) is 4.98 Å². The van der Waals surface area contributed by atoms with Crippen molar-refractivity contribution in [2.24, 2.45) is 4.99 Å². The second-order valence-electron chi connectivity index (χ2n) is 6.20. The Morgan fingerprint density at radius 2 is 1.78 bits per heavy atom. The van der Waals surface area contributed by atoms with E-state index in [2.05, 4.69) is 15.1 Å². The minimum Gasteiger partial charge on any atom is -0.497 e. The molecular weight excluding hydrogens is 346 g/mol. The number of fused-ring (bicyclic) bond motifs is 1. The summed E-state index contributed by atoms with van der Waals surface area (Å²) < 4.78 is 15.9. The van der Waals surface area contributed by atoms with Crippen molar-refractivity contribution in [1.82, 2.24) is 10.1 Å². The Bertz CT molecular complexity index is 1030.